The van der Waals surface area contributed by atoms with Crippen molar-refractivity contribution >= 4 is 23.5 Å². The molecule has 2 aliphatic rings. The molecule has 0 spiro atoms. The van der Waals surface area contributed by atoms with Crippen molar-refractivity contribution in [1.29, 1.82) is 0 Å². The molecular weight excluding hydrogens is 252 g/mol. The van der Waals surface area contributed by atoms with E-state index < -0.39 is 0 Å². The number of rotatable bonds is 0. The van der Waals surface area contributed by atoms with Gasteiger partial charge in [-0.1, -0.05) is 35.7 Å². The first-order valence-corrected chi connectivity index (χ1v) is 7.06. The van der Waals surface area contributed by atoms with Gasteiger partial charge in [0, 0.05) is 23.5 Å². The number of fused-ring (bicyclic) bond motifs is 6. The van der Waals surface area contributed by atoms with Crippen LogP contribution in [0.15, 0.2) is 46.7 Å². The van der Waals surface area contributed by atoms with Crippen LogP contribution in [-0.2, 0) is 4.74 Å². The van der Waals surface area contributed by atoms with E-state index in [1.807, 2.05) is 24.5 Å². The molecule has 0 saturated carbocycles. The second-order valence-electron chi connectivity index (χ2n) is 3.83. The fourth-order valence-corrected chi connectivity index (χ4v) is 4.46. The third-order valence-corrected chi connectivity index (χ3v) is 5.08. The molecule has 2 aromatic rings. The van der Waals surface area contributed by atoms with Gasteiger partial charge in [-0.15, -0.1) is 0 Å². The Bertz CT molecular complexity index is 539. The molecule has 84 valence electrons. The van der Waals surface area contributed by atoms with Gasteiger partial charge in [0.25, 0.3) is 0 Å². The summed E-state index contributed by atoms with van der Waals surface area (Å²) in [6.07, 6.45) is 3.67. The number of pyridine rings is 2. The van der Waals surface area contributed by atoms with Crippen LogP contribution in [0.1, 0.15) is 22.0 Å². The third kappa shape index (κ3) is 1.50. The van der Waals surface area contributed by atoms with Gasteiger partial charge in [0.05, 0.1) is 0 Å². The molecule has 0 N–H and O–H groups in total. The summed E-state index contributed by atoms with van der Waals surface area (Å²) in [6, 6.07) is 8.07. The van der Waals surface area contributed by atoms with Crippen LogP contribution in [0.25, 0.3) is 0 Å². The second kappa shape index (κ2) is 3.73. The van der Waals surface area contributed by atoms with Crippen molar-refractivity contribution in [3.63, 3.8) is 0 Å². The Kier molecular flexibility index (Phi) is 2.18. The van der Waals surface area contributed by atoms with E-state index in [0.29, 0.717) is 0 Å². The molecule has 2 bridgehead atoms. The van der Waals surface area contributed by atoms with Crippen molar-refractivity contribution < 1.29 is 4.74 Å². The molecule has 3 nitrogen and oxygen atoms in total. The van der Waals surface area contributed by atoms with Crippen molar-refractivity contribution in [2.45, 2.75) is 20.9 Å². The number of nitrogens with zero attached hydrogens (tertiary/aromatic N) is 2. The Balaban J connectivity index is 1.86. The Morgan fingerprint density at radius 2 is 1.41 bits per heavy atom. The zero-order chi connectivity index (χ0) is 11.2. The van der Waals surface area contributed by atoms with Gasteiger partial charge < -0.3 is 4.74 Å². The Labute approximate surface area is 107 Å². The molecular formula is C12H8N2OS2. The molecule has 5 heteroatoms. The lowest BCUT2D eigenvalue weighted by Gasteiger charge is -2.35. The monoisotopic (exact) mass is 260 g/mol. The highest BCUT2D eigenvalue weighted by molar-refractivity contribution is 8.01. The standard InChI is InChI=1S/C12H8N2OS2/c1-3-7-9(13-5-1)16-12-8-4-2-6-14-10(8)17-11(7)15-12/h1-6,11-12H/t11-,12-/m0/s1. The molecule has 0 amide bonds. The second-order valence-corrected chi connectivity index (χ2v) is 5.93. The summed E-state index contributed by atoms with van der Waals surface area (Å²) in [5.74, 6) is 0. The summed E-state index contributed by atoms with van der Waals surface area (Å²) in [5, 5.41) is 2.16. The molecule has 0 saturated heterocycles. The van der Waals surface area contributed by atoms with E-state index in [4.69, 9.17) is 4.74 Å². The Morgan fingerprint density at radius 1 is 0.882 bits per heavy atom. The van der Waals surface area contributed by atoms with E-state index in [-0.39, 0.29) is 10.9 Å². The lowest BCUT2D eigenvalue weighted by atomic mass is 10.2. The fourth-order valence-electron chi connectivity index (χ4n) is 2.01. The number of aromatic nitrogens is 2. The average molecular weight is 260 g/mol. The van der Waals surface area contributed by atoms with E-state index in [2.05, 4.69) is 22.1 Å². The zero-order valence-corrected chi connectivity index (χ0v) is 10.4. The highest BCUT2D eigenvalue weighted by Gasteiger charge is 2.37. The van der Waals surface area contributed by atoms with Gasteiger partial charge in [0.1, 0.15) is 20.9 Å². The van der Waals surface area contributed by atoms with Crippen LogP contribution in [0, 0.1) is 0 Å². The van der Waals surface area contributed by atoms with Gasteiger partial charge in [-0.2, -0.15) is 0 Å². The van der Waals surface area contributed by atoms with E-state index in [1.165, 1.54) is 0 Å². The highest BCUT2D eigenvalue weighted by Crippen LogP contribution is 2.57. The molecule has 4 rings (SSSR count). The van der Waals surface area contributed by atoms with Crippen molar-refractivity contribution in [3.05, 3.63) is 47.8 Å². The van der Waals surface area contributed by atoms with Crippen LogP contribution in [-0.4, -0.2) is 9.97 Å². The molecule has 2 aliphatic heterocycles. The predicted octanol–water partition coefficient (Wildman–Crippen LogP) is 3.40. The van der Waals surface area contributed by atoms with Crippen molar-refractivity contribution in [3.8, 4) is 0 Å². The van der Waals surface area contributed by atoms with Gasteiger partial charge in [-0.3, -0.25) is 0 Å². The fraction of sp³-hybridized carbons (Fsp3) is 0.167. The third-order valence-electron chi connectivity index (χ3n) is 2.79. The molecule has 2 aromatic heterocycles. The number of hydrogen-bond acceptors (Lipinski definition) is 5. The van der Waals surface area contributed by atoms with Crippen molar-refractivity contribution in [2.24, 2.45) is 0 Å². The molecule has 0 fully saturated rings. The summed E-state index contributed by atoms with van der Waals surface area (Å²) in [7, 11) is 0. The summed E-state index contributed by atoms with van der Waals surface area (Å²) < 4.78 is 6.02. The quantitative estimate of drug-likeness (QED) is 0.725. The minimum atomic E-state index is 0.0346. The summed E-state index contributed by atoms with van der Waals surface area (Å²) in [4.78, 5) is 8.85. The van der Waals surface area contributed by atoms with Gasteiger partial charge >= 0.3 is 0 Å². The maximum absolute atomic E-state index is 6.02. The smallest absolute Gasteiger partial charge is 0.138 e. The lowest BCUT2D eigenvalue weighted by Crippen LogP contribution is -2.18. The first-order chi connectivity index (χ1) is 8.42. The Morgan fingerprint density at radius 3 is 1.94 bits per heavy atom. The van der Waals surface area contributed by atoms with Crippen LogP contribution in [0.2, 0.25) is 0 Å². The molecule has 0 aromatic carbocycles. The van der Waals surface area contributed by atoms with Gasteiger partial charge in [0.15, 0.2) is 0 Å². The van der Waals surface area contributed by atoms with E-state index >= 15 is 0 Å². The van der Waals surface area contributed by atoms with E-state index in [0.717, 1.165) is 21.2 Å². The molecule has 17 heavy (non-hydrogen) atoms. The molecule has 0 radical (unpaired) electrons. The van der Waals surface area contributed by atoms with E-state index in [9.17, 15) is 0 Å². The first-order valence-electron chi connectivity index (χ1n) is 5.30. The SMILES string of the molecule is c1cnc2c(c1)[C@H]1O[C@@H](S2)c2cccnc2S1. The zero-order valence-electron chi connectivity index (χ0n) is 8.74. The topological polar surface area (TPSA) is 35.0 Å². The number of ether oxygens (including phenoxy) is 1. The summed E-state index contributed by atoms with van der Waals surface area (Å²) in [6.45, 7) is 0. The molecule has 0 unspecified atom stereocenters. The summed E-state index contributed by atoms with van der Waals surface area (Å²) >= 11 is 3.34. The minimum absolute atomic E-state index is 0.0346. The van der Waals surface area contributed by atoms with Crippen LogP contribution in [0.4, 0.5) is 0 Å². The lowest BCUT2D eigenvalue weighted by molar-refractivity contribution is 0.0768. The number of thioether (sulfide) groups is 2. The molecule has 0 aliphatic carbocycles. The molecule has 2 atom stereocenters. The van der Waals surface area contributed by atoms with Gasteiger partial charge in [0.2, 0.25) is 0 Å². The average Bonchev–Trinajstić information content (AvgIpc) is 2.39. The number of hydrogen-bond donors (Lipinski definition) is 0. The summed E-state index contributed by atoms with van der Waals surface area (Å²) in [5.41, 5.74) is 2.39. The minimum Gasteiger partial charge on any atom is -0.343 e. The van der Waals surface area contributed by atoms with Crippen LogP contribution in [0.5, 0.6) is 0 Å². The first kappa shape index (κ1) is 9.94. The normalized spacial score (nSPS) is 24.9. The maximum atomic E-state index is 6.02. The van der Waals surface area contributed by atoms with Crippen molar-refractivity contribution in [2.75, 3.05) is 0 Å². The van der Waals surface area contributed by atoms with Crippen LogP contribution < -0.4 is 0 Å². The Hall–Kier alpha value is -1.04. The maximum Gasteiger partial charge on any atom is 0.138 e. The van der Waals surface area contributed by atoms with E-state index in [1.54, 1.807) is 23.5 Å². The van der Waals surface area contributed by atoms with Gasteiger partial charge in [-0.25, -0.2) is 9.97 Å². The van der Waals surface area contributed by atoms with Crippen LogP contribution >= 0.6 is 23.5 Å². The predicted molar refractivity (Wildman–Crippen MR) is 66.8 cm³/mol. The van der Waals surface area contributed by atoms with Crippen LogP contribution in [0.3, 0.4) is 0 Å². The van der Waals surface area contributed by atoms with Gasteiger partial charge in [-0.05, 0) is 12.1 Å². The largest absolute Gasteiger partial charge is 0.343 e. The van der Waals surface area contributed by atoms with Crippen molar-refractivity contribution in [1.82, 2.24) is 9.97 Å². The highest BCUT2D eigenvalue weighted by atomic mass is 32.2. The molecule has 4 heterocycles.